The van der Waals surface area contributed by atoms with Crippen LogP contribution in [0, 0.1) is 5.92 Å². The second-order valence-electron chi connectivity index (χ2n) is 4.55. The van der Waals surface area contributed by atoms with Crippen LogP contribution < -0.4 is 5.32 Å². The normalized spacial score (nSPS) is 12.8. The summed E-state index contributed by atoms with van der Waals surface area (Å²) in [4.78, 5) is 11.5. The van der Waals surface area contributed by atoms with Crippen molar-refractivity contribution >= 4 is 5.91 Å². The van der Waals surface area contributed by atoms with E-state index in [1.807, 2.05) is 0 Å². The lowest BCUT2D eigenvalue weighted by atomic mass is 10.1. The van der Waals surface area contributed by atoms with Crippen LogP contribution in [0.15, 0.2) is 6.20 Å². The summed E-state index contributed by atoms with van der Waals surface area (Å²) in [7, 11) is 0. The predicted octanol–water partition coefficient (Wildman–Crippen LogP) is 0.494. The standard InChI is InChI=1S/C11H20N4O2/c1-8(2)4-5-12-11(17)7-15-6-10(9(3)16)13-14-15/h6,8-9,16H,4-5,7H2,1-3H3,(H,12,17). The summed E-state index contributed by atoms with van der Waals surface area (Å²) >= 11 is 0. The van der Waals surface area contributed by atoms with Gasteiger partial charge >= 0.3 is 0 Å². The van der Waals surface area contributed by atoms with E-state index in [0.717, 1.165) is 6.42 Å². The summed E-state index contributed by atoms with van der Waals surface area (Å²) < 4.78 is 1.42. The number of carbonyl (C=O) groups is 1. The summed E-state index contributed by atoms with van der Waals surface area (Å²) in [6.07, 6.45) is 1.88. The number of rotatable bonds is 6. The molecule has 0 saturated heterocycles. The van der Waals surface area contributed by atoms with Gasteiger partial charge in [-0.15, -0.1) is 5.10 Å². The Morgan fingerprint density at radius 2 is 2.24 bits per heavy atom. The van der Waals surface area contributed by atoms with E-state index < -0.39 is 6.10 Å². The Bertz CT molecular complexity index is 360. The SMILES string of the molecule is CC(C)CCNC(=O)Cn1cc(C(C)O)nn1. The van der Waals surface area contributed by atoms with Gasteiger partial charge in [0, 0.05) is 6.54 Å². The first-order valence-electron chi connectivity index (χ1n) is 5.84. The molecule has 1 heterocycles. The Hall–Kier alpha value is -1.43. The Morgan fingerprint density at radius 1 is 1.53 bits per heavy atom. The quantitative estimate of drug-likeness (QED) is 0.758. The topological polar surface area (TPSA) is 80.0 Å². The third kappa shape index (κ3) is 4.95. The van der Waals surface area contributed by atoms with Gasteiger partial charge in [-0.25, -0.2) is 4.68 Å². The van der Waals surface area contributed by atoms with Gasteiger partial charge in [-0.3, -0.25) is 4.79 Å². The lowest BCUT2D eigenvalue weighted by Gasteiger charge is -2.06. The first-order valence-corrected chi connectivity index (χ1v) is 5.84. The number of hydrogen-bond donors (Lipinski definition) is 2. The van der Waals surface area contributed by atoms with E-state index in [-0.39, 0.29) is 12.5 Å². The van der Waals surface area contributed by atoms with Crippen LogP contribution in [0.3, 0.4) is 0 Å². The van der Waals surface area contributed by atoms with Crippen molar-refractivity contribution in [3.8, 4) is 0 Å². The first-order chi connectivity index (χ1) is 7.99. The van der Waals surface area contributed by atoms with Gasteiger partial charge in [0.1, 0.15) is 12.2 Å². The maximum atomic E-state index is 11.5. The van der Waals surface area contributed by atoms with Gasteiger partial charge in [-0.2, -0.15) is 0 Å². The Kier molecular flexibility index (Phi) is 5.09. The molecule has 0 aliphatic rings. The van der Waals surface area contributed by atoms with Gasteiger partial charge < -0.3 is 10.4 Å². The predicted molar refractivity (Wildman–Crippen MR) is 63.1 cm³/mol. The fourth-order valence-corrected chi connectivity index (χ4v) is 1.29. The molecule has 6 heteroatoms. The fourth-order valence-electron chi connectivity index (χ4n) is 1.29. The molecule has 2 N–H and O–H groups in total. The summed E-state index contributed by atoms with van der Waals surface area (Å²) in [5.74, 6) is 0.483. The zero-order valence-electron chi connectivity index (χ0n) is 10.6. The zero-order chi connectivity index (χ0) is 12.8. The van der Waals surface area contributed by atoms with Crippen molar-refractivity contribution in [2.75, 3.05) is 6.54 Å². The van der Waals surface area contributed by atoms with E-state index in [2.05, 4.69) is 29.5 Å². The molecule has 1 aromatic rings. The van der Waals surface area contributed by atoms with Crippen molar-refractivity contribution in [1.29, 1.82) is 0 Å². The molecule has 1 unspecified atom stereocenters. The molecule has 6 nitrogen and oxygen atoms in total. The van der Waals surface area contributed by atoms with Crippen LogP contribution in [-0.2, 0) is 11.3 Å². The second kappa shape index (κ2) is 6.34. The van der Waals surface area contributed by atoms with Crippen molar-refractivity contribution in [2.24, 2.45) is 5.92 Å². The first kappa shape index (κ1) is 13.6. The van der Waals surface area contributed by atoms with Gasteiger partial charge in [0.15, 0.2) is 0 Å². The summed E-state index contributed by atoms with van der Waals surface area (Å²) in [5.41, 5.74) is 0.472. The Labute approximate surface area is 101 Å². The van der Waals surface area contributed by atoms with E-state index >= 15 is 0 Å². The number of aliphatic hydroxyl groups excluding tert-OH is 1. The van der Waals surface area contributed by atoms with E-state index in [9.17, 15) is 9.90 Å². The molecule has 1 amide bonds. The summed E-state index contributed by atoms with van der Waals surface area (Å²) in [6, 6.07) is 0. The average molecular weight is 240 g/mol. The molecule has 0 spiro atoms. The molecule has 0 aliphatic carbocycles. The number of aliphatic hydroxyl groups is 1. The van der Waals surface area contributed by atoms with Crippen molar-refractivity contribution in [3.63, 3.8) is 0 Å². The smallest absolute Gasteiger partial charge is 0.241 e. The van der Waals surface area contributed by atoms with Gasteiger partial charge in [0.25, 0.3) is 0 Å². The minimum absolute atomic E-state index is 0.0901. The molecule has 0 radical (unpaired) electrons. The van der Waals surface area contributed by atoms with E-state index in [4.69, 9.17) is 0 Å². The van der Waals surface area contributed by atoms with Crippen LogP contribution in [0.2, 0.25) is 0 Å². The number of aromatic nitrogens is 3. The van der Waals surface area contributed by atoms with Crippen molar-refractivity contribution in [2.45, 2.75) is 39.8 Å². The lowest BCUT2D eigenvalue weighted by Crippen LogP contribution is -2.29. The number of amides is 1. The number of carbonyl (C=O) groups excluding carboxylic acids is 1. The van der Waals surface area contributed by atoms with Crippen molar-refractivity contribution in [1.82, 2.24) is 20.3 Å². The molecular formula is C11H20N4O2. The molecule has 96 valence electrons. The maximum absolute atomic E-state index is 11.5. The highest BCUT2D eigenvalue weighted by atomic mass is 16.3. The highest BCUT2D eigenvalue weighted by molar-refractivity contribution is 5.75. The minimum atomic E-state index is -0.659. The van der Waals surface area contributed by atoms with Crippen molar-refractivity contribution < 1.29 is 9.90 Å². The van der Waals surface area contributed by atoms with Crippen LogP contribution in [0.4, 0.5) is 0 Å². The third-order valence-electron chi connectivity index (χ3n) is 2.33. The molecule has 0 saturated carbocycles. The fraction of sp³-hybridized carbons (Fsp3) is 0.727. The van der Waals surface area contributed by atoms with Gasteiger partial charge in [0.2, 0.25) is 5.91 Å². The molecule has 0 aliphatic heterocycles. The minimum Gasteiger partial charge on any atom is -0.387 e. The lowest BCUT2D eigenvalue weighted by molar-refractivity contribution is -0.121. The molecule has 0 bridgehead atoms. The molecular weight excluding hydrogens is 220 g/mol. The van der Waals surface area contributed by atoms with Crippen LogP contribution >= 0.6 is 0 Å². The molecule has 1 aromatic heterocycles. The molecule has 0 fully saturated rings. The molecule has 17 heavy (non-hydrogen) atoms. The van der Waals surface area contributed by atoms with Crippen LogP contribution in [0.5, 0.6) is 0 Å². The number of nitrogens with zero attached hydrogens (tertiary/aromatic N) is 3. The van der Waals surface area contributed by atoms with E-state index in [1.54, 1.807) is 13.1 Å². The molecule has 1 rings (SSSR count). The second-order valence-corrected chi connectivity index (χ2v) is 4.55. The van der Waals surface area contributed by atoms with Gasteiger partial charge in [0.05, 0.1) is 12.3 Å². The monoisotopic (exact) mass is 240 g/mol. The van der Waals surface area contributed by atoms with Crippen LogP contribution in [0.25, 0.3) is 0 Å². The average Bonchev–Trinajstić information content (AvgIpc) is 2.65. The Balaban J connectivity index is 2.34. The maximum Gasteiger partial charge on any atom is 0.241 e. The highest BCUT2D eigenvalue weighted by Crippen LogP contribution is 2.05. The summed E-state index contributed by atoms with van der Waals surface area (Å²) in [5, 5.41) is 19.6. The summed E-state index contributed by atoms with van der Waals surface area (Å²) in [6.45, 7) is 6.64. The van der Waals surface area contributed by atoms with Gasteiger partial charge in [-0.1, -0.05) is 19.1 Å². The zero-order valence-corrected chi connectivity index (χ0v) is 10.6. The van der Waals surface area contributed by atoms with Crippen LogP contribution in [-0.4, -0.2) is 32.6 Å². The highest BCUT2D eigenvalue weighted by Gasteiger charge is 2.08. The Morgan fingerprint density at radius 3 is 2.76 bits per heavy atom. The molecule has 1 atom stereocenters. The number of nitrogens with one attached hydrogen (secondary N) is 1. The van der Waals surface area contributed by atoms with Crippen LogP contribution in [0.1, 0.15) is 39.0 Å². The molecule has 0 aromatic carbocycles. The largest absolute Gasteiger partial charge is 0.387 e. The van der Waals surface area contributed by atoms with Crippen molar-refractivity contribution in [3.05, 3.63) is 11.9 Å². The van der Waals surface area contributed by atoms with Gasteiger partial charge in [-0.05, 0) is 19.3 Å². The third-order valence-corrected chi connectivity index (χ3v) is 2.33. The van der Waals surface area contributed by atoms with E-state index in [0.29, 0.717) is 18.2 Å². The number of hydrogen-bond acceptors (Lipinski definition) is 4. The van der Waals surface area contributed by atoms with E-state index in [1.165, 1.54) is 4.68 Å².